The summed E-state index contributed by atoms with van der Waals surface area (Å²) in [5.74, 6) is -0.0951. The van der Waals surface area contributed by atoms with Crippen LogP contribution in [-0.2, 0) is 9.53 Å². The molecule has 2 rings (SSSR count). The fourth-order valence-corrected chi connectivity index (χ4v) is 3.32. The molecule has 0 N–H and O–H groups in total. The maximum absolute atomic E-state index is 12.4. The summed E-state index contributed by atoms with van der Waals surface area (Å²) in [6.07, 6.45) is 8.00. The lowest BCUT2D eigenvalue weighted by atomic mass is 9.98. The first-order chi connectivity index (χ1) is 11.4. The number of hydrogen-bond acceptors (Lipinski definition) is 3. The van der Waals surface area contributed by atoms with E-state index in [1.807, 2.05) is 26.8 Å². The van der Waals surface area contributed by atoms with Crippen LogP contribution in [0.1, 0.15) is 65.0 Å². The van der Waals surface area contributed by atoms with E-state index in [1.165, 1.54) is 5.56 Å². The summed E-state index contributed by atoms with van der Waals surface area (Å²) in [5, 5.41) is 0. The monoisotopic (exact) mass is 329 g/mol. The molecular formula is C21H31NO2. The molecule has 0 spiro atoms. The van der Waals surface area contributed by atoms with Gasteiger partial charge in [0, 0.05) is 18.6 Å². The molecule has 0 saturated heterocycles. The van der Waals surface area contributed by atoms with Crippen LogP contribution in [0, 0.1) is 0 Å². The van der Waals surface area contributed by atoms with Crippen molar-refractivity contribution in [3.63, 3.8) is 0 Å². The largest absolute Gasteiger partial charge is 0.460 e. The summed E-state index contributed by atoms with van der Waals surface area (Å²) >= 11 is 0. The van der Waals surface area contributed by atoms with Crippen molar-refractivity contribution >= 4 is 5.97 Å². The molecule has 1 aliphatic rings. The van der Waals surface area contributed by atoms with E-state index in [0.29, 0.717) is 12.5 Å². The van der Waals surface area contributed by atoms with Gasteiger partial charge in [-0.3, -0.25) is 9.69 Å². The van der Waals surface area contributed by atoms with Crippen LogP contribution in [0.15, 0.2) is 42.5 Å². The van der Waals surface area contributed by atoms with Crippen molar-refractivity contribution in [2.75, 3.05) is 6.54 Å². The fourth-order valence-electron chi connectivity index (χ4n) is 3.32. The Morgan fingerprint density at radius 1 is 1.21 bits per heavy atom. The van der Waals surface area contributed by atoms with Crippen LogP contribution in [0.3, 0.4) is 0 Å². The summed E-state index contributed by atoms with van der Waals surface area (Å²) in [5.41, 5.74) is 0.880. The van der Waals surface area contributed by atoms with Crippen LogP contribution in [0.25, 0.3) is 0 Å². The Hall–Kier alpha value is -1.61. The molecule has 1 aromatic rings. The van der Waals surface area contributed by atoms with E-state index in [4.69, 9.17) is 4.74 Å². The number of carbonyl (C=O) groups is 1. The molecule has 0 aliphatic carbocycles. The minimum atomic E-state index is -0.422. The van der Waals surface area contributed by atoms with E-state index in [0.717, 1.165) is 25.8 Å². The van der Waals surface area contributed by atoms with E-state index < -0.39 is 5.60 Å². The lowest BCUT2D eigenvalue weighted by Gasteiger charge is -2.37. The van der Waals surface area contributed by atoms with Gasteiger partial charge in [0.2, 0.25) is 0 Å². The van der Waals surface area contributed by atoms with E-state index in [-0.39, 0.29) is 12.0 Å². The molecule has 0 bridgehead atoms. The number of carbonyl (C=O) groups excluding carboxylic acids is 1. The third-order valence-electron chi connectivity index (χ3n) is 4.46. The first kappa shape index (κ1) is 18.7. The van der Waals surface area contributed by atoms with Crippen molar-refractivity contribution in [1.29, 1.82) is 0 Å². The lowest BCUT2D eigenvalue weighted by Crippen LogP contribution is -2.41. The number of ether oxygens (including phenoxy) is 1. The molecule has 0 aromatic heterocycles. The topological polar surface area (TPSA) is 29.5 Å². The molecule has 1 heterocycles. The van der Waals surface area contributed by atoms with Crippen molar-refractivity contribution in [3.8, 4) is 0 Å². The Morgan fingerprint density at radius 2 is 1.88 bits per heavy atom. The first-order valence-electron chi connectivity index (χ1n) is 9.04. The Bertz CT molecular complexity index is 545. The van der Waals surface area contributed by atoms with Crippen LogP contribution in [-0.4, -0.2) is 29.1 Å². The van der Waals surface area contributed by atoms with Gasteiger partial charge in [0.15, 0.2) is 0 Å². The number of benzene rings is 1. The van der Waals surface area contributed by atoms with Gasteiger partial charge in [-0.2, -0.15) is 0 Å². The van der Waals surface area contributed by atoms with E-state index in [1.54, 1.807) is 0 Å². The van der Waals surface area contributed by atoms with Crippen LogP contribution in [0.4, 0.5) is 0 Å². The second kappa shape index (κ2) is 8.48. The molecule has 0 amide bonds. The minimum absolute atomic E-state index is 0.0951. The second-order valence-corrected chi connectivity index (χ2v) is 7.61. The van der Waals surface area contributed by atoms with Crippen LogP contribution in [0.5, 0.6) is 0 Å². The van der Waals surface area contributed by atoms with E-state index in [2.05, 4.69) is 48.2 Å². The zero-order valence-electron chi connectivity index (χ0n) is 15.5. The highest BCUT2D eigenvalue weighted by atomic mass is 16.6. The Kier molecular flexibility index (Phi) is 6.61. The van der Waals surface area contributed by atoms with Gasteiger partial charge in [-0.05, 0) is 52.5 Å². The first-order valence-corrected chi connectivity index (χ1v) is 9.04. The SMILES string of the molecule is C[C@H](c1ccccc1)N1CC/C=C\CC[C@@H]1CC(=O)OC(C)(C)C. The molecule has 1 aliphatic heterocycles. The van der Waals surface area contributed by atoms with Gasteiger partial charge >= 0.3 is 5.97 Å². The van der Waals surface area contributed by atoms with Crippen LogP contribution >= 0.6 is 0 Å². The summed E-state index contributed by atoms with van der Waals surface area (Å²) in [6, 6.07) is 11.1. The summed E-state index contributed by atoms with van der Waals surface area (Å²) < 4.78 is 5.56. The average molecular weight is 329 g/mol. The van der Waals surface area contributed by atoms with Crippen molar-refractivity contribution in [3.05, 3.63) is 48.0 Å². The van der Waals surface area contributed by atoms with E-state index >= 15 is 0 Å². The van der Waals surface area contributed by atoms with Gasteiger partial charge in [0.25, 0.3) is 0 Å². The van der Waals surface area contributed by atoms with Gasteiger partial charge < -0.3 is 4.74 Å². The molecule has 0 fully saturated rings. The smallest absolute Gasteiger partial charge is 0.307 e. The molecular weight excluding hydrogens is 298 g/mol. The van der Waals surface area contributed by atoms with Crippen molar-refractivity contribution in [2.45, 2.75) is 71.1 Å². The highest BCUT2D eigenvalue weighted by Gasteiger charge is 2.28. The second-order valence-electron chi connectivity index (χ2n) is 7.61. The van der Waals surface area contributed by atoms with Gasteiger partial charge in [-0.25, -0.2) is 0 Å². The maximum Gasteiger partial charge on any atom is 0.307 e. The van der Waals surface area contributed by atoms with Crippen LogP contribution < -0.4 is 0 Å². The lowest BCUT2D eigenvalue weighted by molar-refractivity contribution is -0.156. The molecule has 132 valence electrons. The van der Waals surface area contributed by atoms with Gasteiger partial charge in [-0.1, -0.05) is 42.5 Å². The predicted molar refractivity (Wildman–Crippen MR) is 98.8 cm³/mol. The minimum Gasteiger partial charge on any atom is -0.460 e. The zero-order chi connectivity index (χ0) is 17.6. The number of hydrogen-bond donors (Lipinski definition) is 0. The third kappa shape index (κ3) is 5.79. The number of nitrogens with zero attached hydrogens (tertiary/aromatic N) is 1. The van der Waals surface area contributed by atoms with Gasteiger partial charge in [0.1, 0.15) is 5.60 Å². The highest BCUT2D eigenvalue weighted by molar-refractivity contribution is 5.70. The molecule has 24 heavy (non-hydrogen) atoms. The van der Waals surface area contributed by atoms with Gasteiger partial charge in [0.05, 0.1) is 6.42 Å². The average Bonchev–Trinajstić information content (AvgIpc) is 2.49. The molecule has 2 atom stereocenters. The normalized spacial score (nSPS) is 22.2. The molecule has 1 aromatic carbocycles. The molecule has 3 heteroatoms. The van der Waals surface area contributed by atoms with Crippen LogP contribution in [0.2, 0.25) is 0 Å². The highest BCUT2D eigenvalue weighted by Crippen LogP contribution is 2.28. The Morgan fingerprint density at radius 3 is 2.54 bits per heavy atom. The van der Waals surface area contributed by atoms with Crippen molar-refractivity contribution in [1.82, 2.24) is 4.90 Å². The standard InChI is InChI=1S/C21H31NO2/c1-17(18-12-8-7-9-13-18)22-15-11-6-5-10-14-19(22)16-20(23)24-21(2,3)4/h5-9,12-13,17,19H,10-11,14-16H2,1-4H3/b6-5-/t17-,19-/m1/s1. The molecule has 0 radical (unpaired) electrons. The summed E-state index contributed by atoms with van der Waals surface area (Å²) in [4.78, 5) is 14.8. The quantitative estimate of drug-likeness (QED) is 0.582. The number of rotatable bonds is 4. The predicted octanol–water partition coefficient (Wildman–Crippen LogP) is 4.89. The Labute approximate surface area is 146 Å². The van der Waals surface area contributed by atoms with E-state index in [9.17, 15) is 4.79 Å². The number of esters is 1. The molecule has 3 nitrogen and oxygen atoms in total. The number of allylic oxidation sites excluding steroid dienone is 1. The van der Waals surface area contributed by atoms with Gasteiger partial charge in [-0.15, -0.1) is 0 Å². The summed E-state index contributed by atoms with van der Waals surface area (Å²) in [7, 11) is 0. The fraction of sp³-hybridized carbons (Fsp3) is 0.571. The molecule has 0 unspecified atom stereocenters. The summed E-state index contributed by atoms with van der Waals surface area (Å²) in [6.45, 7) is 8.99. The maximum atomic E-state index is 12.4. The molecule has 0 saturated carbocycles. The van der Waals surface area contributed by atoms with Crippen molar-refractivity contribution < 1.29 is 9.53 Å². The van der Waals surface area contributed by atoms with Crippen molar-refractivity contribution in [2.24, 2.45) is 0 Å². The third-order valence-corrected chi connectivity index (χ3v) is 4.46. The Balaban J connectivity index is 2.13. The zero-order valence-corrected chi connectivity index (χ0v) is 15.5.